The van der Waals surface area contributed by atoms with Crippen molar-refractivity contribution in [3.63, 3.8) is 0 Å². The molecule has 0 radical (unpaired) electrons. The van der Waals surface area contributed by atoms with Gasteiger partial charge in [-0.15, -0.1) is 0 Å². The second-order valence-electron chi connectivity index (χ2n) is 5.42. The van der Waals surface area contributed by atoms with E-state index in [1.165, 1.54) is 0 Å². The zero-order chi connectivity index (χ0) is 16.4. The van der Waals surface area contributed by atoms with E-state index in [-0.39, 0.29) is 25.0 Å². The Bertz CT molecular complexity index is 462. The van der Waals surface area contributed by atoms with Gasteiger partial charge in [-0.25, -0.2) is 0 Å². The van der Waals surface area contributed by atoms with E-state index in [2.05, 4.69) is 12.2 Å². The van der Waals surface area contributed by atoms with E-state index in [0.717, 1.165) is 24.8 Å². The summed E-state index contributed by atoms with van der Waals surface area (Å²) in [6.45, 7) is 4.66. The number of amides is 1. The number of carbonyl (C=O) groups excluding carboxylic acids is 1. The van der Waals surface area contributed by atoms with Crippen LogP contribution in [0.3, 0.4) is 0 Å². The lowest BCUT2D eigenvalue weighted by atomic mass is 10.0. The summed E-state index contributed by atoms with van der Waals surface area (Å²) in [6, 6.07) is 9.84. The van der Waals surface area contributed by atoms with Crippen LogP contribution < -0.4 is 5.32 Å². The molecule has 1 aromatic rings. The molecule has 122 valence electrons. The molecule has 22 heavy (non-hydrogen) atoms. The SMILES string of the molecule is CCCC(NC(=O)CN(CCC)CC(=O)O)c1ccccc1. The number of aliphatic carboxylic acids is 1. The van der Waals surface area contributed by atoms with Crippen molar-refractivity contribution in [2.24, 2.45) is 0 Å². The van der Waals surface area contributed by atoms with Crippen LogP contribution in [0.1, 0.15) is 44.7 Å². The van der Waals surface area contributed by atoms with E-state index in [4.69, 9.17) is 5.11 Å². The number of carboxylic acids is 1. The Morgan fingerprint density at radius 1 is 1.14 bits per heavy atom. The molecule has 0 aliphatic heterocycles. The highest BCUT2D eigenvalue weighted by molar-refractivity contribution is 5.79. The molecular formula is C17H26N2O3. The Morgan fingerprint density at radius 3 is 2.36 bits per heavy atom. The van der Waals surface area contributed by atoms with Crippen molar-refractivity contribution in [3.8, 4) is 0 Å². The van der Waals surface area contributed by atoms with E-state index in [0.29, 0.717) is 6.54 Å². The highest BCUT2D eigenvalue weighted by Crippen LogP contribution is 2.17. The standard InChI is InChI=1S/C17H26N2O3/c1-3-8-15(14-9-6-5-7-10-14)18-16(20)12-19(11-4-2)13-17(21)22/h5-7,9-10,15H,3-4,8,11-13H2,1-2H3,(H,18,20)(H,21,22). The molecule has 0 aliphatic rings. The molecule has 1 unspecified atom stereocenters. The van der Waals surface area contributed by atoms with Gasteiger partial charge in [0.1, 0.15) is 0 Å². The summed E-state index contributed by atoms with van der Waals surface area (Å²) in [7, 11) is 0. The molecule has 0 saturated carbocycles. The molecule has 0 spiro atoms. The summed E-state index contributed by atoms with van der Waals surface area (Å²) in [5, 5.41) is 11.9. The predicted molar refractivity (Wildman–Crippen MR) is 86.6 cm³/mol. The summed E-state index contributed by atoms with van der Waals surface area (Å²) in [5.41, 5.74) is 1.08. The third kappa shape index (κ3) is 6.72. The van der Waals surface area contributed by atoms with Gasteiger partial charge in [0.05, 0.1) is 19.1 Å². The van der Waals surface area contributed by atoms with E-state index in [1.54, 1.807) is 4.90 Å². The summed E-state index contributed by atoms with van der Waals surface area (Å²) < 4.78 is 0. The molecule has 2 N–H and O–H groups in total. The maximum Gasteiger partial charge on any atom is 0.317 e. The van der Waals surface area contributed by atoms with E-state index in [1.807, 2.05) is 37.3 Å². The first-order chi connectivity index (χ1) is 10.6. The van der Waals surface area contributed by atoms with Crippen molar-refractivity contribution in [1.82, 2.24) is 10.2 Å². The Hall–Kier alpha value is -1.88. The van der Waals surface area contributed by atoms with E-state index >= 15 is 0 Å². The molecule has 1 atom stereocenters. The lowest BCUT2D eigenvalue weighted by Crippen LogP contribution is -2.41. The molecule has 0 aliphatic carbocycles. The fraction of sp³-hybridized carbons (Fsp3) is 0.529. The lowest BCUT2D eigenvalue weighted by molar-refractivity contribution is -0.138. The first-order valence-electron chi connectivity index (χ1n) is 7.85. The largest absolute Gasteiger partial charge is 0.480 e. The van der Waals surface area contributed by atoms with Gasteiger partial charge in [-0.3, -0.25) is 14.5 Å². The number of carbonyl (C=O) groups is 2. The van der Waals surface area contributed by atoms with E-state index in [9.17, 15) is 9.59 Å². The fourth-order valence-corrected chi connectivity index (χ4v) is 2.46. The van der Waals surface area contributed by atoms with Crippen LogP contribution in [0, 0.1) is 0 Å². The lowest BCUT2D eigenvalue weighted by Gasteiger charge is -2.22. The summed E-state index contributed by atoms with van der Waals surface area (Å²) >= 11 is 0. The smallest absolute Gasteiger partial charge is 0.317 e. The van der Waals surface area contributed by atoms with Crippen LogP contribution in [0.4, 0.5) is 0 Å². The van der Waals surface area contributed by atoms with Crippen molar-refractivity contribution in [1.29, 1.82) is 0 Å². The van der Waals surface area contributed by atoms with Crippen LogP contribution in [0.25, 0.3) is 0 Å². The van der Waals surface area contributed by atoms with E-state index < -0.39 is 5.97 Å². The van der Waals surface area contributed by atoms with Gasteiger partial charge in [-0.05, 0) is 24.9 Å². The Balaban J connectivity index is 2.64. The van der Waals surface area contributed by atoms with Crippen molar-refractivity contribution in [3.05, 3.63) is 35.9 Å². The van der Waals surface area contributed by atoms with Crippen LogP contribution >= 0.6 is 0 Å². The van der Waals surface area contributed by atoms with Crippen LogP contribution in [0.15, 0.2) is 30.3 Å². The summed E-state index contributed by atoms with van der Waals surface area (Å²) in [4.78, 5) is 24.7. The molecule has 5 heteroatoms. The highest BCUT2D eigenvalue weighted by Gasteiger charge is 2.17. The topological polar surface area (TPSA) is 69.6 Å². The Kier molecular flexibility index (Phi) is 8.22. The van der Waals surface area contributed by atoms with Crippen molar-refractivity contribution in [2.75, 3.05) is 19.6 Å². The average Bonchev–Trinajstić information content (AvgIpc) is 2.47. The number of benzene rings is 1. The number of rotatable bonds is 10. The second kappa shape index (κ2) is 9.95. The molecule has 0 saturated heterocycles. The molecule has 0 heterocycles. The first kappa shape index (κ1) is 18.2. The monoisotopic (exact) mass is 306 g/mol. The van der Waals surface area contributed by atoms with Crippen LogP contribution in [0.5, 0.6) is 0 Å². The zero-order valence-electron chi connectivity index (χ0n) is 13.4. The molecule has 0 fully saturated rings. The van der Waals surface area contributed by atoms with Gasteiger partial charge >= 0.3 is 5.97 Å². The van der Waals surface area contributed by atoms with Crippen molar-refractivity contribution >= 4 is 11.9 Å². The van der Waals surface area contributed by atoms with Gasteiger partial charge in [-0.1, -0.05) is 50.6 Å². The third-order valence-electron chi connectivity index (χ3n) is 3.38. The number of nitrogens with one attached hydrogen (secondary N) is 1. The molecular weight excluding hydrogens is 280 g/mol. The number of hydrogen-bond acceptors (Lipinski definition) is 3. The van der Waals surface area contributed by atoms with Gasteiger partial charge in [0, 0.05) is 0 Å². The minimum absolute atomic E-state index is 0.0213. The quantitative estimate of drug-likeness (QED) is 0.696. The fourth-order valence-electron chi connectivity index (χ4n) is 2.46. The minimum Gasteiger partial charge on any atom is -0.480 e. The normalized spacial score (nSPS) is 12.1. The molecule has 1 rings (SSSR count). The minimum atomic E-state index is -0.908. The van der Waals surface area contributed by atoms with Gasteiger partial charge in [0.2, 0.25) is 5.91 Å². The van der Waals surface area contributed by atoms with Crippen LogP contribution in [0.2, 0.25) is 0 Å². The maximum atomic E-state index is 12.2. The zero-order valence-corrected chi connectivity index (χ0v) is 13.4. The number of hydrogen-bond donors (Lipinski definition) is 2. The molecule has 0 bridgehead atoms. The number of carboxylic acid groups (broad SMARTS) is 1. The third-order valence-corrected chi connectivity index (χ3v) is 3.38. The number of nitrogens with zero attached hydrogens (tertiary/aromatic N) is 1. The van der Waals surface area contributed by atoms with Gasteiger partial charge < -0.3 is 10.4 Å². The van der Waals surface area contributed by atoms with Gasteiger partial charge in [0.15, 0.2) is 0 Å². The summed E-state index contributed by atoms with van der Waals surface area (Å²) in [5.74, 6) is -1.04. The first-order valence-corrected chi connectivity index (χ1v) is 7.85. The van der Waals surface area contributed by atoms with Crippen molar-refractivity contribution in [2.45, 2.75) is 39.2 Å². The van der Waals surface area contributed by atoms with Crippen LogP contribution in [-0.4, -0.2) is 41.5 Å². The second-order valence-corrected chi connectivity index (χ2v) is 5.42. The molecule has 5 nitrogen and oxygen atoms in total. The average molecular weight is 306 g/mol. The summed E-state index contributed by atoms with van der Waals surface area (Å²) in [6.07, 6.45) is 2.65. The van der Waals surface area contributed by atoms with Gasteiger partial charge in [0.25, 0.3) is 0 Å². The Labute approximate surface area is 132 Å². The molecule has 1 aromatic carbocycles. The predicted octanol–water partition coefficient (Wildman–Crippen LogP) is 2.44. The highest BCUT2D eigenvalue weighted by atomic mass is 16.4. The van der Waals surface area contributed by atoms with Crippen LogP contribution in [-0.2, 0) is 9.59 Å². The maximum absolute atomic E-state index is 12.2. The van der Waals surface area contributed by atoms with Crippen molar-refractivity contribution < 1.29 is 14.7 Å². The Morgan fingerprint density at radius 2 is 1.82 bits per heavy atom. The molecule has 1 amide bonds. The molecule has 0 aromatic heterocycles. The van der Waals surface area contributed by atoms with Gasteiger partial charge in [-0.2, -0.15) is 0 Å².